The van der Waals surface area contributed by atoms with Gasteiger partial charge in [0.2, 0.25) is 0 Å². The highest BCUT2D eigenvalue weighted by atomic mass is 79.9. The van der Waals surface area contributed by atoms with E-state index in [1.54, 1.807) is 43.3 Å². The monoisotopic (exact) mass is 465 g/mol. The molecule has 0 aliphatic carbocycles. The van der Waals surface area contributed by atoms with Crippen LogP contribution in [0.2, 0.25) is 0 Å². The van der Waals surface area contributed by atoms with Crippen molar-refractivity contribution < 1.29 is 19.1 Å². The van der Waals surface area contributed by atoms with Gasteiger partial charge in [0.05, 0.1) is 5.57 Å². The molecule has 2 aromatic carbocycles. The van der Waals surface area contributed by atoms with Gasteiger partial charge in [0.25, 0.3) is 11.7 Å². The summed E-state index contributed by atoms with van der Waals surface area (Å²) in [5.41, 5.74) is 2.83. The number of hydrogen-bond acceptors (Lipinski definition) is 4. The first-order valence-corrected chi connectivity index (χ1v) is 10.3. The molecule has 152 valence electrons. The maximum absolute atomic E-state index is 13.1. The van der Waals surface area contributed by atoms with Gasteiger partial charge in [-0.1, -0.05) is 33.6 Å². The summed E-state index contributed by atoms with van der Waals surface area (Å²) < 4.78 is 6.66. The normalized spacial score (nSPS) is 18.3. The molecule has 6 heteroatoms. The van der Waals surface area contributed by atoms with Gasteiger partial charge in [0.1, 0.15) is 23.3 Å². The Bertz CT molecular complexity index is 1190. The lowest BCUT2D eigenvalue weighted by Crippen LogP contribution is -2.29. The van der Waals surface area contributed by atoms with Crippen molar-refractivity contribution in [3.8, 4) is 0 Å². The fraction of sp³-hybridized carbons (Fsp3) is 0.167. The average Bonchev–Trinajstić information content (AvgIpc) is 3.25. The van der Waals surface area contributed by atoms with Crippen LogP contribution in [0.3, 0.4) is 0 Å². The molecule has 2 heterocycles. The average molecular weight is 466 g/mol. The second-order valence-electron chi connectivity index (χ2n) is 7.41. The molecule has 5 nitrogen and oxygen atoms in total. The quantitative estimate of drug-likeness (QED) is 0.310. The second kappa shape index (κ2) is 7.61. The van der Waals surface area contributed by atoms with Crippen molar-refractivity contribution in [2.75, 3.05) is 4.90 Å². The summed E-state index contributed by atoms with van der Waals surface area (Å²) in [5, 5.41) is 11.2. The Kier molecular flexibility index (Phi) is 5.12. The number of carbonyl (C=O) groups is 2. The first-order chi connectivity index (χ1) is 14.3. The summed E-state index contributed by atoms with van der Waals surface area (Å²) in [5.74, 6) is -0.577. The molecule has 1 atom stereocenters. The smallest absolute Gasteiger partial charge is 0.300 e. The Hall–Kier alpha value is -3.12. The van der Waals surface area contributed by atoms with Crippen LogP contribution in [0, 0.1) is 20.8 Å². The zero-order chi connectivity index (χ0) is 21.6. The van der Waals surface area contributed by atoms with Crippen LogP contribution in [0.1, 0.15) is 34.3 Å². The highest BCUT2D eigenvalue weighted by molar-refractivity contribution is 9.10. The van der Waals surface area contributed by atoms with Crippen LogP contribution in [0.4, 0.5) is 5.69 Å². The number of benzene rings is 2. The predicted octanol–water partition coefficient (Wildman–Crippen LogP) is 5.59. The Morgan fingerprint density at radius 1 is 1.00 bits per heavy atom. The van der Waals surface area contributed by atoms with Crippen LogP contribution in [0.5, 0.6) is 0 Å². The molecule has 1 aliphatic heterocycles. The Labute approximate surface area is 182 Å². The molecule has 4 rings (SSSR count). The van der Waals surface area contributed by atoms with Gasteiger partial charge in [-0.15, -0.1) is 0 Å². The Morgan fingerprint density at radius 3 is 2.33 bits per heavy atom. The van der Waals surface area contributed by atoms with Crippen molar-refractivity contribution in [1.29, 1.82) is 0 Å². The topological polar surface area (TPSA) is 70.8 Å². The zero-order valence-electron chi connectivity index (χ0n) is 16.8. The standard InChI is InChI=1S/C24H20BrNO4/c1-13-4-5-14(2)18(12-13)22(27)20-21(19-11-6-15(3)30-19)26(24(29)23(20)28)17-9-7-16(25)8-10-17/h4-12,21,27H,1-3H3/b22-20+. The fourth-order valence-corrected chi connectivity index (χ4v) is 3.97. The Balaban J connectivity index is 1.96. The Morgan fingerprint density at radius 2 is 1.70 bits per heavy atom. The van der Waals surface area contributed by atoms with E-state index in [1.165, 1.54) is 4.90 Å². The molecule has 1 amide bonds. The van der Waals surface area contributed by atoms with E-state index < -0.39 is 17.7 Å². The summed E-state index contributed by atoms with van der Waals surface area (Å²) >= 11 is 3.39. The van der Waals surface area contributed by atoms with Crippen molar-refractivity contribution in [2.24, 2.45) is 0 Å². The van der Waals surface area contributed by atoms with Gasteiger partial charge < -0.3 is 9.52 Å². The van der Waals surface area contributed by atoms with E-state index in [-0.39, 0.29) is 11.3 Å². The van der Waals surface area contributed by atoms with E-state index in [9.17, 15) is 14.7 Å². The van der Waals surface area contributed by atoms with Crippen molar-refractivity contribution in [3.05, 3.63) is 92.9 Å². The van der Waals surface area contributed by atoms with Crippen LogP contribution < -0.4 is 4.90 Å². The molecule has 1 aliphatic rings. The van der Waals surface area contributed by atoms with Crippen LogP contribution in [0.25, 0.3) is 5.76 Å². The van der Waals surface area contributed by atoms with E-state index in [4.69, 9.17) is 4.42 Å². The zero-order valence-corrected chi connectivity index (χ0v) is 18.4. The van der Waals surface area contributed by atoms with Gasteiger partial charge in [0, 0.05) is 15.7 Å². The van der Waals surface area contributed by atoms with E-state index in [2.05, 4.69) is 15.9 Å². The van der Waals surface area contributed by atoms with Crippen molar-refractivity contribution in [1.82, 2.24) is 0 Å². The summed E-state index contributed by atoms with van der Waals surface area (Å²) in [6, 6.07) is 15.3. The van der Waals surface area contributed by atoms with E-state index in [0.29, 0.717) is 22.8 Å². The highest BCUT2D eigenvalue weighted by Crippen LogP contribution is 2.43. The number of carbonyl (C=O) groups excluding carboxylic acids is 2. The van der Waals surface area contributed by atoms with Crippen LogP contribution in [-0.4, -0.2) is 16.8 Å². The number of aliphatic hydroxyl groups excluding tert-OH is 1. The lowest BCUT2D eigenvalue weighted by molar-refractivity contribution is -0.132. The van der Waals surface area contributed by atoms with Gasteiger partial charge in [-0.25, -0.2) is 0 Å². The molecule has 1 aromatic heterocycles. The van der Waals surface area contributed by atoms with E-state index in [0.717, 1.165) is 15.6 Å². The number of nitrogens with zero attached hydrogens (tertiary/aromatic N) is 1. The number of ketones is 1. The van der Waals surface area contributed by atoms with Gasteiger partial charge in [-0.05, 0) is 68.8 Å². The molecule has 3 aromatic rings. The lowest BCUT2D eigenvalue weighted by Gasteiger charge is -2.23. The predicted molar refractivity (Wildman–Crippen MR) is 118 cm³/mol. The molecule has 0 saturated carbocycles. The molecule has 1 fully saturated rings. The number of furan rings is 1. The maximum atomic E-state index is 13.1. The lowest BCUT2D eigenvalue weighted by atomic mass is 9.96. The minimum absolute atomic E-state index is 0.0194. The fourth-order valence-electron chi connectivity index (χ4n) is 3.71. The molecule has 1 N–H and O–H groups in total. The van der Waals surface area contributed by atoms with Gasteiger partial charge in [-0.3, -0.25) is 14.5 Å². The van der Waals surface area contributed by atoms with Crippen molar-refractivity contribution in [3.63, 3.8) is 0 Å². The largest absolute Gasteiger partial charge is 0.507 e. The highest BCUT2D eigenvalue weighted by Gasteiger charge is 2.48. The number of aryl methyl sites for hydroxylation is 3. The van der Waals surface area contributed by atoms with Gasteiger partial charge in [-0.2, -0.15) is 0 Å². The van der Waals surface area contributed by atoms with Crippen LogP contribution in [-0.2, 0) is 9.59 Å². The third-order valence-corrected chi connectivity index (χ3v) is 5.76. The first-order valence-electron chi connectivity index (χ1n) is 9.48. The third-order valence-electron chi connectivity index (χ3n) is 5.23. The van der Waals surface area contributed by atoms with Crippen molar-refractivity contribution >= 4 is 39.1 Å². The number of aliphatic hydroxyl groups is 1. The van der Waals surface area contributed by atoms with Gasteiger partial charge >= 0.3 is 0 Å². The second-order valence-corrected chi connectivity index (χ2v) is 8.33. The molecule has 0 bridgehead atoms. The maximum Gasteiger partial charge on any atom is 0.300 e. The molecular formula is C24H20BrNO4. The summed E-state index contributed by atoms with van der Waals surface area (Å²) in [4.78, 5) is 27.5. The number of hydrogen-bond donors (Lipinski definition) is 1. The number of Topliss-reactive ketones (excluding diaryl/α,β-unsaturated/α-hetero) is 1. The molecular weight excluding hydrogens is 446 g/mol. The van der Waals surface area contributed by atoms with E-state index in [1.807, 2.05) is 32.0 Å². The molecule has 1 unspecified atom stereocenters. The van der Waals surface area contributed by atoms with Crippen LogP contribution in [0.15, 0.2) is 69.1 Å². The minimum atomic E-state index is -0.861. The summed E-state index contributed by atoms with van der Waals surface area (Å²) in [6.45, 7) is 5.55. The molecule has 30 heavy (non-hydrogen) atoms. The molecule has 0 spiro atoms. The minimum Gasteiger partial charge on any atom is -0.507 e. The third kappa shape index (κ3) is 3.37. The number of halogens is 1. The number of anilines is 1. The first kappa shape index (κ1) is 20.2. The summed E-state index contributed by atoms with van der Waals surface area (Å²) in [7, 11) is 0. The summed E-state index contributed by atoms with van der Waals surface area (Å²) in [6.07, 6.45) is 0. The van der Waals surface area contributed by atoms with Crippen molar-refractivity contribution in [2.45, 2.75) is 26.8 Å². The number of amides is 1. The molecule has 0 radical (unpaired) electrons. The van der Waals surface area contributed by atoms with Crippen LogP contribution >= 0.6 is 15.9 Å². The SMILES string of the molecule is Cc1ccc(C)c(/C(O)=C2\C(=O)C(=O)N(c3ccc(Br)cc3)C2c2ccc(C)o2)c1. The van der Waals surface area contributed by atoms with Gasteiger partial charge in [0.15, 0.2) is 0 Å². The van der Waals surface area contributed by atoms with E-state index >= 15 is 0 Å². The number of rotatable bonds is 3. The molecule has 1 saturated heterocycles.